The number of nitrogens with zero attached hydrogens (tertiary/aromatic N) is 3. The van der Waals surface area contributed by atoms with Gasteiger partial charge in [-0.3, -0.25) is 0 Å². The van der Waals surface area contributed by atoms with E-state index in [0.717, 1.165) is 33.0 Å². The van der Waals surface area contributed by atoms with E-state index in [1.54, 1.807) is 23.5 Å². The average molecular weight is 493 g/mol. The summed E-state index contributed by atoms with van der Waals surface area (Å²) in [4.78, 5) is 16.8. The van der Waals surface area contributed by atoms with Crippen molar-refractivity contribution in [3.8, 4) is 34.2 Å². The van der Waals surface area contributed by atoms with Gasteiger partial charge < -0.3 is 5.32 Å². The maximum absolute atomic E-state index is 4.86. The highest BCUT2D eigenvalue weighted by atomic mass is 32.2. The summed E-state index contributed by atoms with van der Waals surface area (Å²) < 4.78 is 0. The minimum Gasteiger partial charge on any atom is -0.354 e. The third-order valence-electron chi connectivity index (χ3n) is 5.54. The maximum Gasteiger partial charge on any atom is 0.164 e. The van der Waals surface area contributed by atoms with Crippen molar-refractivity contribution in [2.75, 3.05) is 17.8 Å². The van der Waals surface area contributed by atoms with E-state index in [4.69, 9.17) is 15.0 Å². The molecule has 1 heterocycles. The first-order valence-electron chi connectivity index (χ1n) is 11.2. The quantitative estimate of drug-likeness (QED) is 0.232. The van der Waals surface area contributed by atoms with E-state index < -0.39 is 0 Å². The van der Waals surface area contributed by atoms with Crippen LogP contribution in [-0.2, 0) is 0 Å². The molecule has 0 saturated carbocycles. The van der Waals surface area contributed by atoms with Gasteiger partial charge in [0.25, 0.3) is 0 Å². The molecule has 0 atom stereocenters. The molecule has 0 saturated heterocycles. The number of aromatic nitrogens is 3. The van der Waals surface area contributed by atoms with Gasteiger partial charge in [0.05, 0.1) is 11.4 Å². The Morgan fingerprint density at radius 3 is 1.54 bits per heavy atom. The Balaban J connectivity index is 1.58. The first-order chi connectivity index (χ1) is 17.2. The van der Waals surface area contributed by atoms with Crippen molar-refractivity contribution in [3.05, 3.63) is 103 Å². The minimum atomic E-state index is 0.657. The fourth-order valence-corrected chi connectivity index (χ4v) is 4.90. The standard InChI is InChI=1S/C29H24N4S2/c1-34-25-16-10-9-15-23(25)30-24-18-17-22(19-26(24)35-2)29-32-27(20-11-5-3-6-12-20)31-28(33-29)21-13-7-4-8-14-21/h3-19,30H,1-2H3. The predicted octanol–water partition coefficient (Wildman–Crippen LogP) is 8.06. The topological polar surface area (TPSA) is 50.7 Å². The first-order valence-corrected chi connectivity index (χ1v) is 13.7. The molecule has 1 aromatic heterocycles. The molecule has 0 fully saturated rings. The van der Waals surface area contributed by atoms with Crippen LogP contribution in [0.2, 0.25) is 0 Å². The van der Waals surface area contributed by atoms with E-state index in [0.29, 0.717) is 17.5 Å². The third kappa shape index (κ3) is 5.24. The predicted molar refractivity (Wildman–Crippen MR) is 149 cm³/mol. The molecule has 0 radical (unpaired) electrons. The van der Waals surface area contributed by atoms with Gasteiger partial charge in [-0.25, -0.2) is 15.0 Å². The van der Waals surface area contributed by atoms with Gasteiger partial charge in [-0.2, -0.15) is 0 Å². The number of benzene rings is 4. The van der Waals surface area contributed by atoms with Crippen molar-refractivity contribution in [3.63, 3.8) is 0 Å². The molecule has 0 aliphatic rings. The van der Waals surface area contributed by atoms with Gasteiger partial charge >= 0.3 is 0 Å². The summed E-state index contributed by atoms with van der Waals surface area (Å²) in [6.07, 6.45) is 4.18. The van der Waals surface area contributed by atoms with Gasteiger partial charge in [-0.05, 0) is 42.8 Å². The van der Waals surface area contributed by atoms with Crippen LogP contribution in [0, 0.1) is 0 Å². The van der Waals surface area contributed by atoms with E-state index in [2.05, 4.69) is 60.3 Å². The van der Waals surface area contributed by atoms with Crippen LogP contribution in [0.25, 0.3) is 34.2 Å². The van der Waals surface area contributed by atoms with Gasteiger partial charge in [-0.1, -0.05) is 72.8 Å². The second kappa shape index (κ2) is 10.8. The molecular formula is C29H24N4S2. The molecule has 5 aromatic rings. The number of thioether (sulfide) groups is 2. The van der Waals surface area contributed by atoms with Crippen molar-refractivity contribution in [2.24, 2.45) is 0 Å². The van der Waals surface area contributed by atoms with Gasteiger partial charge in [0.15, 0.2) is 17.5 Å². The second-order valence-electron chi connectivity index (χ2n) is 7.78. The molecular weight excluding hydrogens is 468 g/mol. The SMILES string of the molecule is CSc1ccccc1Nc1ccc(-c2nc(-c3ccccc3)nc(-c3ccccc3)n2)cc1SC. The Labute approximate surface area is 214 Å². The molecule has 0 bridgehead atoms. The average Bonchev–Trinajstić information content (AvgIpc) is 2.94. The highest BCUT2D eigenvalue weighted by Crippen LogP contribution is 2.35. The normalized spacial score (nSPS) is 10.8. The molecule has 172 valence electrons. The van der Waals surface area contributed by atoms with Crippen LogP contribution in [0.15, 0.2) is 113 Å². The van der Waals surface area contributed by atoms with Crippen LogP contribution >= 0.6 is 23.5 Å². The summed E-state index contributed by atoms with van der Waals surface area (Å²) >= 11 is 3.43. The number of hydrogen-bond donors (Lipinski definition) is 1. The van der Waals surface area contributed by atoms with Gasteiger partial charge in [0, 0.05) is 26.5 Å². The lowest BCUT2D eigenvalue weighted by Crippen LogP contribution is -2.01. The van der Waals surface area contributed by atoms with Gasteiger partial charge in [0.2, 0.25) is 0 Å². The Hall–Kier alpha value is -3.61. The molecule has 0 aliphatic heterocycles. The van der Waals surface area contributed by atoms with E-state index in [1.807, 2.05) is 60.7 Å². The van der Waals surface area contributed by atoms with Gasteiger partial charge in [0.1, 0.15) is 0 Å². The lowest BCUT2D eigenvalue weighted by atomic mass is 10.1. The summed E-state index contributed by atoms with van der Waals surface area (Å²) in [7, 11) is 0. The van der Waals surface area contributed by atoms with Crippen molar-refractivity contribution >= 4 is 34.9 Å². The fourth-order valence-electron chi connectivity index (χ4n) is 3.76. The number of nitrogens with one attached hydrogen (secondary N) is 1. The van der Waals surface area contributed by atoms with Crippen molar-refractivity contribution in [2.45, 2.75) is 9.79 Å². The van der Waals surface area contributed by atoms with E-state index in [1.165, 1.54) is 4.90 Å². The molecule has 0 spiro atoms. The Kier molecular flexibility index (Phi) is 7.12. The lowest BCUT2D eigenvalue weighted by Gasteiger charge is -2.15. The molecule has 5 rings (SSSR count). The van der Waals surface area contributed by atoms with Crippen LogP contribution < -0.4 is 5.32 Å². The first kappa shape index (κ1) is 23.1. The summed E-state index contributed by atoms with van der Waals surface area (Å²) in [5.41, 5.74) is 5.04. The molecule has 6 heteroatoms. The highest BCUT2D eigenvalue weighted by Gasteiger charge is 2.14. The van der Waals surface area contributed by atoms with Crippen LogP contribution in [0.4, 0.5) is 11.4 Å². The molecule has 0 amide bonds. The van der Waals surface area contributed by atoms with Crippen LogP contribution in [0.1, 0.15) is 0 Å². The fraction of sp³-hybridized carbons (Fsp3) is 0.0690. The van der Waals surface area contributed by atoms with Crippen LogP contribution in [-0.4, -0.2) is 27.5 Å². The number of hydrogen-bond acceptors (Lipinski definition) is 6. The Morgan fingerprint density at radius 1 is 0.486 bits per heavy atom. The molecule has 4 aromatic carbocycles. The smallest absolute Gasteiger partial charge is 0.164 e. The number of anilines is 2. The molecule has 4 nitrogen and oxygen atoms in total. The number of para-hydroxylation sites is 1. The number of rotatable bonds is 7. The molecule has 1 N–H and O–H groups in total. The van der Waals surface area contributed by atoms with Crippen molar-refractivity contribution in [1.82, 2.24) is 15.0 Å². The van der Waals surface area contributed by atoms with Crippen molar-refractivity contribution < 1.29 is 0 Å². The highest BCUT2D eigenvalue weighted by molar-refractivity contribution is 7.99. The summed E-state index contributed by atoms with van der Waals surface area (Å²) in [6, 6.07) is 34.8. The minimum absolute atomic E-state index is 0.657. The Bertz CT molecular complexity index is 1380. The molecule has 35 heavy (non-hydrogen) atoms. The van der Waals surface area contributed by atoms with E-state index >= 15 is 0 Å². The molecule has 0 aliphatic carbocycles. The third-order valence-corrected chi connectivity index (χ3v) is 7.11. The molecule has 0 unspecified atom stereocenters. The Morgan fingerprint density at radius 2 is 0.971 bits per heavy atom. The zero-order valence-corrected chi connectivity index (χ0v) is 21.1. The summed E-state index contributed by atoms with van der Waals surface area (Å²) in [5.74, 6) is 1.98. The summed E-state index contributed by atoms with van der Waals surface area (Å²) in [5, 5.41) is 3.60. The van der Waals surface area contributed by atoms with Crippen LogP contribution in [0.3, 0.4) is 0 Å². The largest absolute Gasteiger partial charge is 0.354 e. The van der Waals surface area contributed by atoms with Crippen LogP contribution in [0.5, 0.6) is 0 Å². The second-order valence-corrected chi connectivity index (χ2v) is 9.47. The van der Waals surface area contributed by atoms with E-state index in [9.17, 15) is 0 Å². The summed E-state index contributed by atoms with van der Waals surface area (Å²) in [6.45, 7) is 0. The van der Waals surface area contributed by atoms with Crippen molar-refractivity contribution in [1.29, 1.82) is 0 Å². The monoisotopic (exact) mass is 492 g/mol. The lowest BCUT2D eigenvalue weighted by molar-refractivity contribution is 1.07. The maximum atomic E-state index is 4.86. The zero-order valence-electron chi connectivity index (χ0n) is 19.5. The zero-order chi connectivity index (χ0) is 24.0. The van der Waals surface area contributed by atoms with Gasteiger partial charge in [-0.15, -0.1) is 23.5 Å². The van der Waals surface area contributed by atoms with E-state index in [-0.39, 0.29) is 0 Å².